The lowest BCUT2D eigenvalue weighted by Crippen LogP contribution is -2.46. The molecule has 7 nitrogen and oxygen atoms in total. The molecule has 3 rings (SSSR count). The summed E-state index contributed by atoms with van der Waals surface area (Å²) in [6.07, 6.45) is 1.23. The first-order valence-electron chi connectivity index (χ1n) is 10.1. The summed E-state index contributed by atoms with van der Waals surface area (Å²) in [4.78, 5) is 42.0. The summed E-state index contributed by atoms with van der Waals surface area (Å²) in [5.41, 5.74) is 0.628. The average Bonchev–Trinajstić information content (AvgIpc) is 3.31. The van der Waals surface area contributed by atoms with Crippen LogP contribution < -0.4 is 10.1 Å². The molecule has 0 saturated carbocycles. The third-order valence-corrected chi connectivity index (χ3v) is 6.10. The molecule has 0 unspecified atom stereocenters. The third-order valence-electron chi connectivity index (χ3n) is 5.24. The van der Waals surface area contributed by atoms with Gasteiger partial charge in [0.25, 0.3) is 5.91 Å². The van der Waals surface area contributed by atoms with E-state index in [2.05, 4.69) is 5.32 Å². The Labute approximate surface area is 180 Å². The summed E-state index contributed by atoms with van der Waals surface area (Å²) < 4.78 is 5.16. The number of ether oxygens (including phenoxy) is 1. The van der Waals surface area contributed by atoms with E-state index in [-0.39, 0.29) is 30.2 Å². The van der Waals surface area contributed by atoms with Crippen LogP contribution in [0, 0.1) is 5.92 Å². The summed E-state index contributed by atoms with van der Waals surface area (Å²) in [6.45, 7) is 3.44. The second-order valence-corrected chi connectivity index (χ2v) is 8.12. The number of nitrogens with one attached hydrogen (secondary N) is 1. The van der Waals surface area contributed by atoms with Gasteiger partial charge in [-0.1, -0.05) is 12.1 Å². The smallest absolute Gasteiger partial charge is 0.263 e. The summed E-state index contributed by atoms with van der Waals surface area (Å²) in [6, 6.07) is 10.8. The number of hydrogen-bond acceptors (Lipinski definition) is 5. The van der Waals surface area contributed by atoms with Crippen LogP contribution in [0.2, 0.25) is 0 Å². The van der Waals surface area contributed by atoms with Crippen molar-refractivity contribution in [3.8, 4) is 5.75 Å². The van der Waals surface area contributed by atoms with Gasteiger partial charge in [0.15, 0.2) is 0 Å². The van der Waals surface area contributed by atoms with Crippen molar-refractivity contribution in [2.75, 3.05) is 38.6 Å². The first kappa shape index (κ1) is 21.8. The van der Waals surface area contributed by atoms with Crippen molar-refractivity contribution < 1.29 is 19.1 Å². The SMILES string of the molecule is CCN(CC(=O)Nc1cccc(OC)c1)C(=O)C1CCN(C(=O)c2cccs2)CC1. The number of thiophene rings is 1. The highest BCUT2D eigenvalue weighted by molar-refractivity contribution is 7.12. The number of likely N-dealkylation sites (N-methyl/N-ethyl adjacent to an activating group) is 1. The number of carbonyl (C=O) groups is 3. The highest BCUT2D eigenvalue weighted by atomic mass is 32.1. The van der Waals surface area contributed by atoms with E-state index in [1.54, 1.807) is 41.2 Å². The molecule has 1 saturated heterocycles. The van der Waals surface area contributed by atoms with Crippen molar-refractivity contribution in [1.29, 1.82) is 0 Å². The molecule has 2 aromatic rings. The maximum absolute atomic E-state index is 12.9. The first-order valence-corrected chi connectivity index (χ1v) is 10.9. The van der Waals surface area contributed by atoms with Crippen molar-refractivity contribution in [2.24, 2.45) is 5.92 Å². The molecule has 1 aromatic heterocycles. The predicted octanol–water partition coefficient (Wildman–Crippen LogP) is 3.10. The summed E-state index contributed by atoms with van der Waals surface area (Å²) in [5.74, 6) is 0.244. The molecule has 0 atom stereocenters. The van der Waals surface area contributed by atoms with Crippen molar-refractivity contribution in [2.45, 2.75) is 19.8 Å². The van der Waals surface area contributed by atoms with E-state index >= 15 is 0 Å². The Kier molecular flexibility index (Phi) is 7.46. The van der Waals surface area contributed by atoms with Gasteiger partial charge >= 0.3 is 0 Å². The van der Waals surface area contributed by atoms with Gasteiger partial charge in [0, 0.05) is 37.3 Å². The van der Waals surface area contributed by atoms with Gasteiger partial charge in [-0.2, -0.15) is 0 Å². The largest absolute Gasteiger partial charge is 0.497 e. The van der Waals surface area contributed by atoms with Crippen LogP contribution in [0.3, 0.4) is 0 Å². The predicted molar refractivity (Wildman–Crippen MR) is 117 cm³/mol. The average molecular weight is 430 g/mol. The van der Waals surface area contributed by atoms with E-state index in [0.717, 1.165) is 4.88 Å². The maximum atomic E-state index is 12.9. The second kappa shape index (κ2) is 10.2. The van der Waals surface area contributed by atoms with Gasteiger partial charge in [0.1, 0.15) is 5.75 Å². The van der Waals surface area contributed by atoms with Gasteiger partial charge in [-0.15, -0.1) is 11.3 Å². The zero-order valence-electron chi connectivity index (χ0n) is 17.3. The molecule has 0 aliphatic carbocycles. The number of hydrogen-bond donors (Lipinski definition) is 1. The quantitative estimate of drug-likeness (QED) is 0.734. The number of methoxy groups -OCH3 is 1. The molecule has 160 valence electrons. The van der Waals surface area contributed by atoms with Gasteiger partial charge in [-0.05, 0) is 43.3 Å². The van der Waals surface area contributed by atoms with E-state index in [1.165, 1.54) is 11.3 Å². The number of piperidine rings is 1. The van der Waals surface area contributed by atoms with E-state index in [9.17, 15) is 14.4 Å². The third kappa shape index (κ3) is 5.38. The minimum absolute atomic E-state index is 0.000876. The fraction of sp³-hybridized carbons (Fsp3) is 0.409. The van der Waals surface area contributed by atoms with Crippen LogP contribution in [0.25, 0.3) is 0 Å². The van der Waals surface area contributed by atoms with E-state index in [1.807, 2.05) is 24.4 Å². The summed E-state index contributed by atoms with van der Waals surface area (Å²) in [7, 11) is 1.57. The molecule has 1 fully saturated rings. The van der Waals surface area contributed by atoms with Crippen molar-refractivity contribution in [3.63, 3.8) is 0 Å². The van der Waals surface area contributed by atoms with Crippen LogP contribution in [-0.2, 0) is 9.59 Å². The number of benzene rings is 1. The van der Waals surface area contributed by atoms with E-state index in [0.29, 0.717) is 43.9 Å². The fourth-order valence-corrected chi connectivity index (χ4v) is 4.25. The highest BCUT2D eigenvalue weighted by Gasteiger charge is 2.31. The summed E-state index contributed by atoms with van der Waals surface area (Å²) in [5, 5.41) is 4.70. The Bertz CT molecular complexity index is 876. The van der Waals surface area contributed by atoms with Gasteiger partial charge in [-0.3, -0.25) is 14.4 Å². The number of amides is 3. The lowest BCUT2D eigenvalue weighted by atomic mass is 9.95. The Balaban J connectivity index is 1.52. The van der Waals surface area contributed by atoms with Crippen molar-refractivity contribution in [3.05, 3.63) is 46.7 Å². The molecule has 2 heterocycles. The molecule has 3 amide bonds. The summed E-state index contributed by atoms with van der Waals surface area (Å²) >= 11 is 1.43. The molecular weight excluding hydrogens is 402 g/mol. The van der Waals surface area contributed by atoms with E-state index < -0.39 is 0 Å². The highest BCUT2D eigenvalue weighted by Crippen LogP contribution is 2.23. The molecule has 1 aliphatic rings. The van der Waals surface area contributed by atoms with Gasteiger partial charge in [-0.25, -0.2) is 0 Å². The molecule has 0 bridgehead atoms. The Morgan fingerprint density at radius 2 is 1.97 bits per heavy atom. The van der Waals surface area contributed by atoms with E-state index in [4.69, 9.17) is 4.74 Å². The Hall–Kier alpha value is -2.87. The fourth-order valence-electron chi connectivity index (χ4n) is 3.56. The topological polar surface area (TPSA) is 79.0 Å². The van der Waals surface area contributed by atoms with Crippen LogP contribution >= 0.6 is 11.3 Å². The van der Waals surface area contributed by atoms with Crippen molar-refractivity contribution >= 4 is 34.7 Å². The van der Waals surface area contributed by atoms with Crippen LogP contribution in [-0.4, -0.2) is 60.8 Å². The molecule has 8 heteroatoms. The molecule has 0 spiro atoms. The Morgan fingerprint density at radius 1 is 1.20 bits per heavy atom. The second-order valence-electron chi connectivity index (χ2n) is 7.18. The number of rotatable bonds is 7. The Morgan fingerprint density at radius 3 is 2.60 bits per heavy atom. The molecule has 0 radical (unpaired) electrons. The van der Waals surface area contributed by atoms with Gasteiger partial charge in [0.05, 0.1) is 18.5 Å². The van der Waals surface area contributed by atoms with Crippen LogP contribution in [0.4, 0.5) is 5.69 Å². The zero-order chi connectivity index (χ0) is 21.5. The monoisotopic (exact) mass is 429 g/mol. The van der Waals surface area contributed by atoms with Crippen LogP contribution in [0.15, 0.2) is 41.8 Å². The minimum Gasteiger partial charge on any atom is -0.497 e. The number of likely N-dealkylation sites (tertiary alicyclic amines) is 1. The van der Waals surface area contributed by atoms with Gasteiger partial charge < -0.3 is 19.9 Å². The maximum Gasteiger partial charge on any atom is 0.263 e. The molecular formula is C22H27N3O4S. The van der Waals surface area contributed by atoms with Crippen LogP contribution in [0.5, 0.6) is 5.75 Å². The zero-order valence-corrected chi connectivity index (χ0v) is 18.1. The van der Waals surface area contributed by atoms with Crippen LogP contribution in [0.1, 0.15) is 29.4 Å². The normalized spacial score (nSPS) is 14.3. The lowest BCUT2D eigenvalue weighted by Gasteiger charge is -2.33. The minimum atomic E-state index is -0.247. The molecule has 1 N–H and O–H groups in total. The number of nitrogens with zero attached hydrogens (tertiary/aromatic N) is 2. The molecule has 30 heavy (non-hydrogen) atoms. The lowest BCUT2D eigenvalue weighted by molar-refractivity contribution is -0.139. The molecule has 1 aliphatic heterocycles. The first-order chi connectivity index (χ1) is 14.5. The molecule has 1 aromatic carbocycles. The van der Waals surface area contributed by atoms with Crippen molar-refractivity contribution in [1.82, 2.24) is 9.80 Å². The number of anilines is 1. The van der Waals surface area contributed by atoms with Gasteiger partial charge in [0.2, 0.25) is 11.8 Å². The number of carbonyl (C=O) groups excluding carboxylic acids is 3. The standard InChI is InChI=1S/C22H27N3O4S/c1-3-24(15-20(26)23-17-6-4-7-18(14-17)29-2)21(27)16-9-11-25(12-10-16)22(28)19-8-5-13-30-19/h4-8,13-14,16H,3,9-12,15H2,1-2H3,(H,23,26).